The second-order valence-corrected chi connectivity index (χ2v) is 5.39. The zero-order chi connectivity index (χ0) is 14.5. The number of nitrogen functional groups attached to an aromatic ring is 1. The first-order valence-electron chi connectivity index (χ1n) is 7.55. The largest absolute Gasteiger partial charge is 0.399 e. The van der Waals surface area contributed by atoms with Gasteiger partial charge < -0.3 is 15.5 Å². The molecule has 1 fully saturated rings. The highest BCUT2D eigenvalue weighted by Gasteiger charge is 2.28. The number of rotatable bonds is 4. The molecule has 2 N–H and O–H groups in total. The first-order valence-corrected chi connectivity index (χ1v) is 7.55. The molecule has 1 heterocycles. The van der Waals surface area contributed by atoms with E-state index in [9.17, 15) is 4.79 Å². The second kappa shape index (κ2) is 6.64. The summed E-state index contributed by atoms with van der Waals surface area (Å²) in [6, 6.07) is 7.93. The van der Waals surface area contributed by atoms with Crippen LogP contribution in [0, 0.1) is 5.92 Å². The van der Waals surface area contributed by atoms with Gasteiger partial charge in [0.25, 0.3) is 0 Å². The summed E-state index contributed by atoms with van der Waals surface area (Å²) in [5.74, 6) is 0.427. The third-order valence-electron chi connectivity index (χ3n) is 4.10. The molecule has 20 heavy (non-hydrogen) atoms. The number of piperidine rings is 1. The first-order chi connectivity index (χ1) is 9.65. The van der Waals surface area contributed by atoms with Crippen molar-refractivity contribution in [3.05, 3.63) is 24.3 Å². The van der Waals surface area contributed by atoms with Gasteiger partial charge in [-0.3, -0.25) is 4.79 Å². The SMILES string of the molecule is CCN(CC)C(=O)[C@H]1CCCN(c2ccc(N)cc2)C1. The van der Waals surface area contributed by atoms with Crippen LogP contribution in [0.4, 0.5) is 11.4 Å². The molecule has 0 unspecified atom stereocenters. The monoisotopic (exact) mass is 275 g/mol. The van der Waals surface area contributed by atoms with Crippen LogP contribution in [-0.2, 0) is 4.79 Å². The van der Waals surface area contributed by atoms with E-state index in [0.29, 0.717) is 5.91 Å². The van der Waals surface area contributed by atoms with Crippen LogP contribution in [0.15, 0.2) is 24.3 Å². The minimum absolute atomic E-state index is 0.126. The molecule has 1 aliphatic rings. The number of anilines is 2. The van der Waals surface area contributed by atoms with Gasteiger partial charge in [0.2, 0.25) is 5.91 Å². The normalized spacial score (nSPS) is 18.9. The van der Waals surface area contributed by atoms with E-state index in [1.165, 1.54) is 0 Å². The number of amides is 1. The van der Waals surface area contributed by atoms with Crippen LogP contribution in [0.25, 0.3) is 0 Å². The van der Waals surface area contributed by atoms with Gasteiger partial charge in [-0.05, 0) is 51.0 Å². The van der Waals surface area contributed by atoms with E-state index < -0.39 is 0 Å². The Hall–Kier alpha value is -1.71. The fourth-order valence-electron chi connectivity index (χ4n) is 2.89. The van der Waals surface area contributed by atoms with Crippen molar-refractivity contribution in [1.29, 1.82) is 0 Å². The Morgan fingerprint density at radius 1 is 1.30 bits per heavy atom. The average Bonchev–Trinajstić information content (AvgIpc) is 2.49. The lowest BCUT2D eigenvalue weighted by Gasteiger charge is -2.35. The predicted molar refractivity (Wildman–Crippen MR) is 83.7 cm³/mol. The second-order valence-electron chi connectivity index (χ2n) is 5.39. The summed E-state index contributed by atoms with van der Waals surface area (Å²) < 4.78 is 0. The summed E-state index contributed by atoms with van der Waals surface area (Å²) >= 11 is 0. The van der Waals surface area contributed by atoms with Gasteiger partial charge in [0.05, 0.1) is 5.92 Å². The Morgan fingerprint density at radius 3 is 2.55 bits per heavy atom. The molecule has 1 amide bonds. The van der Waals surface area contributed by atoms with Crippen molar-refractivity contribution in [2.75, 3.05) is 36.8 Å². The molecule has 4 nitrogen and oxygen atoms in total. The highest BCUT2D eigenvalue weighted by molar-refractivity contribution is 5.79. The summed E-state index contributed by atoms with van der Waals surface area (Å²) in [4.78, 5) is 16.7. The van der Waals surface area contributed by atoms with Gasteiger partial charge in [0, 0.05) is 37.6 Å². The van der Waals surface area contributed by atoms with Gasteiger partial charge in [-0.15, -0.1) is 0 Å². The molecule has 1 saturated heterocycles. The lowest BCUT2D eigenvalue weighted by atomic mass is 9.96. The van der Waals surface area contributed by atoms with Gasteiger partial charge >= 0.3 is 0 Å². The maximum absolute atomic E-state index is 12.5. The predicted octanol–water partition coefficient (Wildman–Crippen LogP) is 2.35. The highest BCUT2D eigenvalue weighted by Crippen LogP contribution is 2.25. The third kappa shape index (κ3) is 3.24. The zero-order valence-electron chi connectivity index (χ0n) is 12.5. The van der Waals surface area contributed by atoms with Gasteiger partial charge in [0.15, 0.2) is 0 Å². The molecule has 1 aromatic rings. The van der Waals surface area contributed by atoms with E-state index in [-0.39, 0.29) is 5.92 Å². The van der Waals surface area contributed by atoms with Crippen molar-refractivity contribution in [2.45, 2.75) is 26.7 Å². The molecule has 1 atom stereocenters. The molecule has 0 bridgehead atoms. The molecule has 0 saturated carbocycles. The minimum atomic E-state index is 0.126. The van der Waals surface area contributed by atoms with Crippen molar-refractivity contribution in [2.24, 2.45) is 5.92 Å². The highest BCUT2D eigenvalue weighted by atomic mass is 16.2. The van der Waals surface area contributed by atoms with Crippen LogP contribution in [0.1, 0.15) is 26.7 Å². The molecular weight excluding hydrogens is 250 g/mol. The third-order valence-corrected chi connectivity index (χ3v) is 4.10. The van der Waals surface area contributed by atoms with Gasteiger partial charge in [-0.2, -0.15) is 0 Å². The lowest BCUT2D eigenvalue weighted by molar-refractivity contribution is -0.135. The summed E-state index contributed by atoms with van der Waals surface area (Å²) in [5, 5.41) is 0. The molecule has 1 aromatic carbocycles. The summed E-state index contributed by atoms with van der Waals surface area (Å²) in [5.41, 5.74) is 7.67. The van der Waals surface area contributed by atoms with Crippen LogP contribution in [0.3, 0.4) is 0 Å². The molecular formula is C16H25N3O. The molecule has 0 aliphatic carbocycles. The number of benzene rings is 1. The number of carbonyl (C=O) groups is 1. The Bertz CT molecular complexity index is 440. The maximum Gasteiger partial charge on any atom is 0.227 e. The fraction of sp³-hybridized carbons (Fsp3) is 0.562. The smallest absolute Gasteiger partial charge is 0.227 e. The van der Waals surface area contributed by atoms with Gasteiger partial charge in [-0.1, -0.05) is 0 Å². The van der Waals surface area contributed by atoms with Crippen molar-refractivity contribution in [1.82, 2.24) is 4.90 Å². The van der Waals surface area contributed by atoms with Gasteiger partial charge in [0.1, 0.15) is 0 Å². The van der Waals surface area contributed by atoms with Crippen LogP contribution in [0.5, 0.6) is 0 Å². The van der Waals surface area contributed by atoms with Crippen LogP contribution in [-0.4, -0.2) is 37.0 Å². The Labute approximate surface area is 121 Å². The summed E-state index contributed by atoms with van der Waals surface area (Å²) in [7, 11) is 0. The minimum Gasteiger partial charge on any atom is -0.399 e. The number of hydrogen-bond acceptors (Lipinski definition) is 3. The van der Waals surface area contributed by atoms with Gasteiger partial charge in [-0.25, -0.2) is 0 Å². The van der Waals surface area contributed by atoms with Crippen molar-refractivity contribution in [3.8, 4) is 0 Å². The molecule has 0 aromatic heterocycles. The fourth-order valence-corrected chi connectivity index (χ4v) is 2.89. The Morgan fingerprint density at radius 2 is 1.95 bits per heavy atom. The molecule has 1 aliphatic heterocycles. The van der Waals surface area contributed by atoms with Crippen LogP contribution < -0.4 is 10.6 Å². The van der Waals surface area contributed by atoms with E-state index >= 15 is 0 Å². The van der Waals surface area contributed by atoms with E-state index in [1.54, 1.807) is 0 Å². The lowest BCUT2D eigenvalue weighted by Crippen LogP contribution is -2.44. The molecule has 2 rings (SSSR count). The zero-order valence-corrected chi connectivity index (χ0v) is 12.5. The molecule has 0 radical (unpaired) electrons. The standard InChI is InChI=1S/C16H25N3O/c1-3-18(4-2)16(20)13-6-5-11-19(12-13)15-9-7-14(17)8-10-15/h7-10,13H,3-6,11-12,17H2,1-2H3/t13-/m0/s1. The number of nitrogens with two attached hydrogens (primary N) is 1. The van der Waals surface area contributed by atoms with E-state index in [0.717, 1.165) is 50.4 Å². The first kappa shape index (κ1) is 14.7. The van der Waals surface area contributed by atoms with Crippen molar-refractivity contribution < 1.29 is 4.79 Å². The summed E-state index contributed by atoms with van der Waals surface area (Å²) in [6.45, 7) is 7.52. The van der Waals surface area contributed by atoms with E-state index in [2.05, 4.69) is 4.90 Å². The van der Waals surface area contributed by atoms with Crippen LogP contribution >= 0.6 is 0 Å². The topological polar surface area (TPSA) is 49.6 Å². The number of hydrogen-bond donors (Lipinski definition) is 1. The van der Waals surface area contributed by atoms with E-state index in [4.69, 9.17) is 5.73 Å². The maximum atomic E-state index is 12.5. The molecule has 0 spiro atoms. The van der Waals surface area contributed by atoms with Crippen molar-refractivity contribution >= 4 is 17.3 Å². The van der Waals surface area contributed by atoms with Crippen molar-refractivity contribution in [3.63, 3.8) is 0 Å². The average molecular weight is 275 g/mol. The van der Waals surface area contributed by atoms with E-state index in [1.807, 2.05) is 43.0 Å². The Kier molecular flexibility index (Phi) is 4.88. The summed E-state index contributed by atoms with van der Waals surface area (Å²) in [6.07, 6.45) is 2.07. The molecule has 110 valence electrons. The number of nitrogens with zero attached hydrogens (tertiary/aromatic N) is 2. The number of carbonyl (C=O) groups excluding carboxylic acids is 1. The quantitative estimate of drug-likeness (QED) is 0.858. The Balaban J connectivity index is 2.04. The van der Waals surface area contributed by atoms with Crippen LogP contribution in [0.2, 0.25) is 0 Å². The molecule has 4 heteroatoms.